The van der Waals surface area contributed by atoms with E-state index >= 15 is 0 Å². The molecule has 1 aliphatic carbocycles. The van der Waals surface area contributed by atoms with Crippen molar-refractivity contribution >= 4 is 11.8 Å². The highest BCUT2D eigenvalue weighted by Crippen LogP contribution is 2.40. The van der Waals surface area contributed by atoms with Gasteiger partial charge < -0.3 is 10.4 Å². The second kappa shape index (κ2) is 4.59. The highest BCUT2D eigenvalue weighted by molar-refractivity contribution is 5.88. The number of carboxylic acid groups (broad SMARTS) is 1. The Labute approximate surface area is 107 Å². The quantitative estimate of drug-likeness (QED) is 0.841. The molecule has 0 radical (unpaired) electrons. The lowest BCUT2D eigenvalue weighted by Crippen LogP contribution is -2.33. The zero-order valence-corrected chi connectivity index (χ0v) is 11.2. The molecule has 1 aliphatic rings. The molecule has 0 saturated heterocycles. The number of nitrogens with one attached hydrogen (secondary N) is 1. The molecule has 4 heteroatoms. The highest BCUT2D eigenvalue weighted by atomic mass is 16.4. The Bertz CT molecular complexity index is 465. The molecule has 1 saturated carbocycles. The van der Waals surface area contributed by atoms with E-state index in [9.17, 15) is 4.79 Å². The molecule has 1 aromatic heterocycles. The fraction of sp³-hybridized carbons (Fsp3) is 0.571. The lowest BCUT2D eigenvalue weighted by atomic mass is 9.99. The van der Waals surface area contributed by atoms with Crippen LogP contribution in [-0.4, -0.2) is 21.6 Å². The van der Waals surface area contributed by atoms with Crippen molar-refractivity contribution in [3.05, 3.63) is 23.4 Å². The third-order valence-corrected chi connectivity index (χ3v) is 3.54. The Morgan fingerprint density at radius 2 is 2.17 bits per heavy atom. The van der Waals surface area contributed by atoms with Crippen LogP contribution in [0.2, 0.25) is 0 Å². The first-order valence-electron chi connectivity index (χ1n) is 6.45. The van der Waals surface area contributed by atoms with Crippen molar-refractivity contribution in [2.45, 2.75) is 45.6 Å². The SMILES string of the molecule is CCc1cc(C(=O)O)cc(NC(C)(C)C2CC2)n1. The summed E-state index contributed by atoms with van der Waals surface area (Å²) < 4.78 is 0. The number of aryl methyl sites for hydroxylation is 1. The van der Waals surface area contributed by atoms with Crippen LogP contribution in [0.5, 0.6) is 0 Å². The van der Waals surface area contributed by atoms with Gasteiger partial charge in [0.1, 0.15) is 5.82 Å². The average molecular weight is 248 g/mol. The zero-order chi connectivity index (χ0) is 13.3. The maximum absolute atomic E-state index is 11.1. The topological polar surface area (TPSA) is 62.2 Å². The first-order chi connectivity index (χ1) is 8.42. The minimum absolute atomic E-state index is 0.0187. The van der Waals surface area contributed by atoms with Crippen LogP contribution in [0.4, 0.5) is 5.82 Å². The van der Waals surface area contributed by atoms with Gasteiger partial charge in [-0.3, -0.25) is 0 Å². The van der Waals surface area contributed by atoms with Crippen LogP contribution in [-0.2, 0) is 6.42 Å². The van der Waals surface area contributed by atoms with Crippen LogP contribution in [0.15, 0.2) is 12.1 Å². The lowest BCUT2D eigenvalue weighted by Gasteiger charge is -2.27. The van der Waals surface area contributed by atoms with Crippen LogP contribution in [0.1, 0.15) is 49.7 Å². The van der Waals surface area contributed by atoms with E-state index in [0.29, 0.717) is 17.3 Å². The Morgan fingerprint density at radius 1 is 1.50 bits per heavy atom. The number of carbonyl (C=O) groups is 1. The first-order valence-corrected chi connectivity index (χ1v) is 6.45. The number of aromatic carboxylic acids is 1. The van der Waals surface area contributed by atoms with Crippen molar-refractivity contribution < 1.29 is 9.90 Å². The van der Waals surface area contributed by atoms with Gasteiger partial charge in [-0.25, -0.2) is 9.78 Å². The molecule has 0 unspecified atom stereocenters. The van der Waals surface area contributed by atoms with Gasteiger partial charge in [-0.05, 0) is 51.2 Å². The maximum atomic E-state index is 11.1. The average Bonchev–Trinajstić information content (AvgIpc) is 3.11. The second-order valence-electron chi connectivity index (χ2n) is 5.51. The minimum atomic E-state index is -0.903. The summed E-state index contributed by atoms with van der Waals surface area (Å²) in [6.07, 6.45) is 3.21. The van der Waals surface area contributed by atoms with Crippen LogP contribution in [0.25, 0.3) is 0 Å². The summed E-state index contributed by atoms with van der Waals surface area (Å²) >= 11 is 0. The molecule has 1 fully saturated rings. The molecule has 0 spiro atoms. The van der Waals surface area contributed by atoms with Crippen molar-refractivity contribution in [2.24, 2.45) is 5.92 Å². The minimum Gasteiger partial charge on any atom is -0.478 e. The smallest absolute Gasteiger partial charge is 0.335 e. The Balaban J connectivity index is 2.26. The zero-order valence-electron chi connectivity index (χ0n) is 11.2. The van der Waals surface area contributed by atoms with E-state index in [-0.39, 0.29) is 5.54 Å². The van der Waals surface area contributed by atoms with E-state index in [4.69, 9.17) is 5.11 Å². The molecule has 0 amide bonds. The van der Waals surface area contributed by atoms with Crippen LogP contribution in [0.3, 0.4) is 0 Å². The largest absolute Gasteiger partial charge is 0.478 e. The first kappa shape index (κ1) is 12.9. The Kier molecular flexibility index (Phi) is 3.28. The summed E-state index contributed by atoms with van der Waals surface area (Å²) in [5, 5.41) is 12.5. The predicted octanol–water partition coefficient (Wildman–Crippen LogP) is 2.94. The fourth-order valence-electron chi connectivity index (χ4n) is 2.19. The third-order valence-electron chi connectivity index (χ3n) is 3.54. The molecule has 4 nitrogen and oxygen atoms in total. The lowest BCUT2D eigenvalue weighted by molar-refractivity contribution is 0.0696. The summed E-state index contributed by atoms with van der Waals surface area (Å²) in [6.45, 7) is 6.26. The number of aromatic nitrogens is 1. The predicted molar refractivity (Wildman–Crippen MR) is 71.0 cm³/mol. The van der Waals surface area contributed by atoms with E-state index in [1.807, 2.05) is 6.92 Å². The maximum Gasteiger partial charge on any atom is 0.335 e. The van der Waals surface area contributed by atoms with Crippen molar-refractivity contribution in [3.8, 4) is 0 Å². The summed E-state index contributed by atoms with van der Waals surface area (Å²) in [7, 11) is 0. The summed E-state index contributed by atoms with van der Waals surface area (Å²) in [4.78, 5) is 15.5. The molecule has 18 heavy (non-hydrogen) atoms. The molecule has 98 valence electrons. The molecule has 2 rings (SSSR count). The monoisotopic (exact) mass is 248 g/mol. The van der Waals surface area contributed by atoms with E-state index in [1.165, 1.54) is 12.8 Å². The van der Waals surface area contributed by atoms with E-state index in [2.05, 4.69) is 24.1 Å². The van der Waals surface area contributed by atoms with E-state index < -0.39 is 5.97 Å². The number of carboxylic acids is 1. The molecule has 0 bridgehead atoms. The van der Waals surface area contributed by atoms with E-state index in [0.717, 1.165) is 12.1 Å². The number of rotatable bonds is 5. The van der Waals surface area contributed by atoms with Crippen LogP contribution >= 0.6 is 0 Å². The molecule has 0 aromatic carbocycles. The van der Waals surface area contributed by atoms with Gasteiger partial charge in [-0.1, -0.05) is 6.92 Å². The standard InChI is InChI=1S/C14H20N2O2/c1-4-11-7-9(13(17)18)8-12(15-11)16-14(2,3)10-5-6-10/h7-8,10H,4-6H2,1-3H3,(H,15,16)(H,17,18). The summed E-state index contributed by atoms with van der Waals surface area (Å²) in [5.41, 5.74) is 1.09. The molecule has 1 aromatic rings. The number of hydrogen-bond donors (Lipinski definition) is 2. The van der Waals surface area contributed by atoms with Gasteiger partial charge in [0.2, 0.25) is 0 Å². The molecule has 2 N–H and O–H groups in total. The second-order valence-corrected chi connectivity index (χ2v) is 5.51. The third kappa shape index (κ3) is 2.81. The number of hydrogen-bond acceptors (Lipinski definition) is 3. The van der Waals surface area contributed by atoms with Gasteiger partial charge >= 0.3 is 5.97 Å². The van der Waals surface area contributed by atoms with Gasteiger partial charge in [0.05, 0.1) is 5.56 Å². The van der Waals surface area contributed by atoms with Crippen LogP contribution < -0.4 is 5.32 Å². The van der Waals surface area contributed by atoms with Crippen molar-refractivity contribution in [1.29, 1.82) is 0 Å². The van der Waals surface area contributed by atoms with Gasteiger partial charge in [0.25, 0.3) is 0 Å². The molecular formula is C14H20N2O2. The summed E-state index contributed by atoms with van der Waals surface area (Å²) in [5.74, 6) is 0.431. The molecule has 0 atom stereocenters. The van der Waals surface area contributed by atoms with Gasteiger partial charge in [0, 0.05) is 11.2 Å². The number of pyridine rings is 1. The number of nitrogens with zero attached hydrogens (tertiary/aromatic N) is 1. The summed E-state index contributed by atoms with van der Waals surface area (Å²) in [6, 6.07) is 3.25. The van der Waals surface area contributed by atoms with E-state index in [1.54, 1.807) is 12.1 Å². The normalized spacial score (nSPS) is 15.5. The van der Waals surface area contributed by atoms with Gasteiger partial charge in [0.15, 0.2) is 0 Å². The Hall–Kier alpha value is -1.58. The molecular weight excluding hydrogens is 228 g/mol. The molecule has 1 heterocycles. The van der Waals surface area contributed by atoms with Crippen molar-refractivity contribution in [2.75, 3.05) is 5.32 Å². The van der Waals surface area contributed by atoms with Crippen molar-refractivity contribution in [1.82, 2.24) is 4.98 Å². The Morgan fingerprint density at radius 3 is 2.67 bits per heavy atom. The van der Waals surface area contributed by atoms with Gasteiger partial charge in [-0.15, -0.1) is 0 Å². The fourth-order valence-corrected chi connectivity index (χ4v) is 2.19. The molecule has 0 aliphatic heterocycles. The highest BCUT2D eigenvalue weighted by Gasteiger charge is 2.37. The van der Waals surface area contributed by atoms with Crippen LogP contribution in [0, 0.1) is 5.92 Å². The van der Waals surface area contributed by atoms with Crippen molar-refractivity contribution in [3.63, 3.8) is 0 Å². The van der Waals surface area contributed by atoms with Gasteiger partial charge in [-0.2, -0.15) is 0 Å². The number of anilines is 1.